The average molecular weight is 654 g/mol. The third-order valence-electron chi connectivity index (χ3n) is 8.26. The van der Waals surface area contributed by atoms with Crippen molar-refractivity contribution in [3.05, 3.63) is 108 Å². The summed E-state index contributed by atoms with van der Waals surface area (Å²) in [6, 6.07) is 27.3. The molecule has 0 bridgehead atoms. The molecule has 47 heavy (non-hydrogen) atoms. The summed E-state index contributed by atoms with van der Waals surface area (Å²) in [5.41, 5.74) is 7.80. The first-order valence-electron chi connectivity index (χ1n) is 15.7. The van der Waals surface area contributed by atoms with Gasteiger partial charge in [0.2, 0.25) is 17.7 Å². The number of para-hydroxylation sites is 2. The van der Waals surface area contributed by atoms with E-state index in [0.717, 1.165) is 35.9 Å². The first kappa shape index (κ1) is 33.6. The zero-order valence-corrected chi connectivity index (χ0v) is 26.7. The molecular weight excluding hydrogens is 614 g/mol. The summed E-state index contributed by atoms with van der Waals surface area (Å²) in [6.07, 6.45) is 1.39. The van der Waals surface area contributed by atoms with Crippen LogP contribution in [-0.2, 0) is 20.8 Å². The SMILES string of the molecule is NC(=O)C[C@H](NC(=O)c1ccc2ccccc2n1)C(=O)N[C@@H](Cc1ccccc1)[C@@H](O)CS[C@@H]1CCC[C@H]1C(=O)Nc1ccccc1. The molecule has 4 amide bonds. The summed E-state index contributed by atoms with van der Waals surface area (Å²) < 4.78 is 0. The molecule has 244 valence electrons. The van der Waals surface area contributed by atoms with E-state index in [1.54, 1.807) is 18.2 Å². The summed E-state index contributed by atoms with van der Waals surface area (Å²) in [4.78, 5) is 56.2. The number of aliphatic hydroxyl groups is 1. The molecule has 10 nitrogen and oxygen atoms in total. The van der Waals surface area contributed by atoms with Crippen molar-refractivity contribution < 1.29 is 24.3 Å². The number of primary amides is 1. The van der Waals surface area contributed by atoms with E-state index in [9.17, 15) is 24.3 Å². The maximum atomic E-state index is 13.6. The van der Waals surface area contributed by atoms with Gasteiger partial charge in [-0.2, -0.15) is 11.8 Å². The fourth-order valence-electron chi connectivity index (χ4n) is 5.79. The molecule has 1 heterocycles. The molecule has 1 fully saturated rings. The van der Waals surface area contributed by atoms with Crippen LogP contribution in [0.25, 0.3) is 10.9 Å². The summed E-state index contributed by atoms with van der Waals surface area (Å²) >= 11 is 1.52. The topological polar surface area (TPSA) is 164 Å². The van der Waals surface area contributed by atoms with Gasteiger partial charge in [0, 0.05) is 22.1 Å². The fourth-order valence-corrected chi connectivity index (χ4v) is 7.29. The van der Waals surface area contributed by atoms with Crippen molar-refractivity contribution >= 4 is 52.0 Å². The quantitative estimate of drug-likeness (QED) is 0.138. The molecule has 4 aromatic rings. The maximum absolute atomic E-state index is 13.6. The Morgan fingerprint density at radius 1 is 0.872 bits per heavy atom. The number of amides is 4. The highest BCUT2D eigenvalue weighted by atomic mass is 32.2. The van der Waals surface area contributed by atoms with E-state index in [1.165, 1.54) is 11.8 Å². The number of aliphatic hydroxyl groups excluding tert-OH is 1. The van der Waals surface area contributed by atoms with Crippen molar-refractivity contribution in [3.63, 3.8) is 0 Å². The van der Waals surface area contributed by atoms with Gasteiger partial charge in [0.05, 0.1) is 30.0 Å². The van der Waals surface area contributed by atoms with Gasteiger partial charge < -0.3 is 26.8 Å². The second kappa shape index (κ2) is 16.2. The van der Waals surface area contributed by atoms with Crippen LogP contribution in [0.4, 0.5) is 5.69 Å². The van der Waals surface area contributed by atoms with Crippen molar-refractivity contribution in [2.45, 2.75) is 55.5 Å². The van der Waals surface area contributed by atoms with Crippen LogP contribution in [-0.4, -0.2) is 62.9 Å². The van der Waals surface area contributed by atoms with E-state index in [4.69, 9.17) is 5.73 Å². The van der Waals surface area contributed by atoms with Crippen LogP contribution in [0.2, 0.25) is 0 Å². The van der Waals surface area contributed by atoms with Gasteiger partial charge in [-0.15, -0.1) is 0 Å². The predicted octanol–water partition coefficient (Wildman–Crippen LogP) is 3.84. The van der Waals surface area contributed by atoms with E-state index < -0.39 is 42.3 Å². The van der Waals surface area contributed by atoms with E-state index in [1.807, 2.05) is 78.9 Å². The predicted molar refractivity (Wildman–Crippen MR) is 184 cm³/mol. The molecule has 1 saturated carbocycles. The van der Waals surface area contributed by atoms with Crippen molar-refractivity contribution in [2.24, 2.45) is 11.7 Å². The number of fused-ring (bicyclic) bond motifs is 1. The molecule has 1 aliphatic carbocycles. The highest BCUT2D eigenvalue weighted by molar-refractivity contribution is 8.00. The van der Waals surface area contributed by atoms with Crippen LogP contribution in [0.1, 0.15) is 41.7 Å². The second-order valence-corrected chi connectivity index (χ2v) is 13.0. The molecule has 3 aromatic carbocycles. The Morgan fingerprint density at radius 3 is 2.32 bits per heavy atom. The van der Waals surface area contributed by atoms with E-state index in [2.05, 4.69) is 20.9 Å². The van der Waals surface area contributed by atoms with Crippen molar-refractivity contribution in [1.29, 1.82) is 0 Å². The monoisotopic (exact) mass is 653 g/mol. The van der Waals surface area contributed by atoms with Crippen LogP contribution in [0.3, 0.4) is 0 Å². The largest absolute Gasteiger partial charge is 0.390 e. The molecule has 0 unspecified atom stereocenters. The highest BCUT2D eigenvalue weighted by Gasteiger charge is 2.35. The summed E-state index contributed by atoms with van der Waals surface area (Å²) in [6.45, 7) is 0. The zero-order valence-electron chi connectivity index (χ0n) is 25.9. The van der Waals surface area contributed by atoms with Crippen LogP contribution in [0.5, 0.6) is 0 Å². The van der Waals surface area contributed by atoms with Gasteiger partial charge in [-0.25, -0.2) is 4.98 Å². The molecule has 0 spiro atoms. The number of carbonyl (C=O) groups excluding carboxylic acids is 4. The molecule has 1 aliphatic rings. The molecule has 6 N–H and O–H groups in total. The number of aromatic nitrogens is 1. The summed E-state index contributed by atoms with van der Waals surface area (Å²) in [5, 5.41) is 20.8. The minimum atomic E-state index is -1.28. The summed E-state index contributed by atoms with van der Waals surface area (Å²) in [5.74, 6) is -2.02. The van der Waals surface area contributed by atoms with Gasteiger partial charge in [0.1, 0.15) is 11.7 Å². The number of nitrogens with one attached hydrogen (secondary N) is 3. The van der Waals surface area contributed by atoms with Crippen LogP contribution in [0.15, 0.2) is 97.1 Å². The molecule has 0 aliphatic heterocycles. The Balaban J connectivity index is 1.26. The molecule has 5 atom stereocenters. The van der Waals surface area contributed by atoms with Crippen LogP contribution in [0, 0.1) is 5.92 Å². The van der Waals surface area contributed by atoms with Crippen LogP contribution >= 0.6 is 11.8 Å². The number of anilines is 1. The lowest BCUT2D eigenvalue weighted by atomic mass is 10.0. The minimum Gasteiger partial charge on any atom is -0.390 e. The number of nitrogens with two attached hydrogens (primary N) is 1. The molecule has 5 rings (SSSR count). The number of benzene rings is 3. The number of thioether (sulfide) groups is 1. The lowest BCUT2D eigenvalue weighted by molar-refractivity contribution is -0.128. The van der Waals surface area contributed by atoms with Gasteiger partial charge in [0.15, 0.2) is 0 Å². The lowest BCUT2D eigenvalue weighted by Crippen LogP contribution is -2.54. The van der Waals surface area contributed by atoms with E-state index in [0.29, 0.717) is 11.9 Å². The number of pyridine rings is 1. The Hall–Kier alpha value is -4.74. The number of hydrogen-bond acceptors (Lipinski definition) is 7. The smallest absolute Gasteiger partial charge is 0.270 e. The van der Waals surface area contributed by atoms with Crippen molar-refractivity contribution in [2.75, 3.05) is 11.1 Å². The van der Waals surface area contributed by atoms with Gasteiger partial charge in [-0.1, -0.05) is 79.2 Å². The van der Waals surface area contributed by atoms with Crippen molar-refractivity contribution in [3.8, 4) is 0 Å². The molecular formula is C36H39N5O5S. The van der Waals surface area contributed by atoms with Gasteiger partial charge in [0.25, 0.3) is 5.91 Å². The number of carbonyl (C=O) groups is 4. The van der Waals surface area contributed by atoms with Crippen LogP contribution < -0.4 is 21.7 Å². The van der Waals surface area contributed by atoms with E-state index in [-0.39, 0.29) is 28.5 Å². The van der Waals surface area contributed by atoms with Gasteiger partial charge >= 0.3 is 0 Å². The molecule has 11 heteroatoms. The zero-order chi connectivity index (χ0) is 33.2. The third kappa shape index (κ3) is 9.40. The third-order valence-corrected chi connectivity index (χ3v) is 9.79. The Labute approximate surface area is 277 Å². The molecule has 1 aromatic heterocycles. The number of nitrogens with zero attached hydrogens (tertiary/aromatic N) is 1. The Bertz CT molecular complexity index is 1690. The molecule has 0 saturated heterocycles. The first-order valence-corrected chi connectivity index (χ1v) is 16.8. The lowest BCUT2D eigenvalue weighted by Gasteiger charge is -2.28. The Morgan fingerprint density at radius 2 is 1.57 bits per heavy atom. The summed E-state index contributed by atoms with van der Waals surface area (Å²) in [7, 11) is 0. The normalized spacial score (nSPS) is 17.7. The average Bonchev–Trinajstić information content (AvgIpc) is 3.56. The second-order valence-electron chi connectivity index (χ2n) is 11.7. The first-order chi connectivity index (χ1) is 22.8. The van der Waals surface area contributed by atoms with Crippen molar-refractivity contribution in [1.82, 2.24) is 15.6 Å². The van der Waals surface area contributed by atoms with Gasteiger partial charge in [-0.3, -0.25) is 19.2 Å². The Kier molecular flexibility index (Phi) is 11.6. The number of hydrogen-bond donors (Lipinski definition) is 5. The van der Waals surface area contributed by atoms with E-state index >= 15 is 0 Å². The minimum absolute atomic E-state index is 0.0118. The molecule has 0 radical (unpaired) electrons. The standard InChI is InChI=1S/C36H39N5O5S/c37-33(43)21-30(41-35(45)28-19-18-24-12-7-8-16-27(24)39-28)36(46)40-29(20-23-10-3-1-4-11-23)31(42)22-47-32-17-9-15-26(32)34(44)38-25-13-5-2-6-14-25/h1-8,10-14,16,18-19,26,29-32,42H,9,15,17,20-22H2,(H2,37,43)(H,38,44)(H,40,46)(H,41,45)/t26-,29+,30+,31+,32-/m1/s1. The maximum Gasteiger partial charge on any atom is 0.270 e. The number of rotatable bonds is 14. The highest BCUT2D eigenvalue weighted by Crippen LogP contribution is 2.36. The van der Waals surface area contributed by atoms with Gasteiger partial charge in [-0.05, 0) is 49.1 Å². The fraction of sp³-hybridized carbons (Fsp3) is 0.306.